The van der Waals surface area contributed by atoms with E-state index in [-0.39, 0.29) is 17.9 Å². The number of rotatable bonds is 8. The number of likely N-dealkylation sites (tertiary alicyclic amines) is 1. The van der Waals surface area contributed by atoms with Crippen LogP contribution in [0.15, 0.2) is 91.0 Å². The molecule has 0 saturated carbocycles. The maximum absolute atomic E-state index is 12.9. The van der Waals surface area contributed by atoms with Crippen LogP contribution in [0.2, 0.25) is 0 Å². The molecule has 170 valence electrons. The highest BCUT2D eigenvalue weighted by Crippen LogP contribution is 2.24. The van der Waals surface area contributed by atoms with Gasteiger partial charge in [0.2, 0.25) is 11.8 Å². The van der Waals surface area contributed by atoms with E-state index in [1.54, 1.807) is 0 Å². The lowest BCUT2D eigenvalue weighted by Gasteiger charge is -2.31. The van der Waals surface area contributed by atoms with Crippen LogP contribution in [-0.2, 0) is 9.59 Å². The molecule has 3 aromatic rings. The van der Waals surface area contributed by atoms with Gasteiger partial charge in [0.1, 0.15) is 0 Å². The summed E-state index contributed by atoms with van der Waals surface area (Å²) in [5.41, 5.74) is 2.98. The predicted octanol–water partition coefficient (Wildman–Crippen LogP) is 4.63. The predicted molar refractivity (Wildman–Crippen MR) is 132 cm³/mol. The van der Waals surface area contributed by atoms with E-state index in [1.165, 1.54) is 0 Å². The van der Waals surface area contributed by atoms with Crippen LogP contribution in [0.4, 0.5) is 5.69 Å². The number of carbonyl (C=O) groups excluding carboxylic acids is 2. The number of amides is 2. The zero-order chi connectivity index (χ0) is 22.9. The maximum atomic E-state index is 12.9. The van der Waals surface area contributed by atoms with Crippen LogP contribution >= 0.6 is 0 Å². The fourth-order valence-corrected chi connectivity index (χ4v) is 4.41. The summed E-state index contributed by atoms with van der Waals surface area (Å²) in [5, 5.41) is 6.19. The summed E-state index contributed by atoms with van der Waals surface area (Å²) in [6, 6.07) is 29.6. The molecule has 0 aromatic heterocycles. The largest absolute Gasteiger partial charge is 0.345 e. The third-order valence-corrected chi connectivity index (χ3v) is 6.18. The van der Waals surface area contributed by atoms with Crippen molar-refractivity contribution in [2.45, 2.75) is 25.3 Å². The van der Waals surface area contributed by atoms with Gasteiger partial charge < -0.3 is 10.6 Å². The Morgan fingerprint density at radius 1 is 0.758 bits per heavy atom. The van der Waals surface area contributed by atoms with Gasteiger partial charge in [-0.3, -0.25) is 14.5 Å². The lowest BCUT2D eigenvalue weighted by atomic mass is 9.92. The minimum Gasteiger partial charge on any atom is -0.345 e. The van der Waals surface area contributed by atoms with Crippen LogP contribution < -0.4 is 10.6 Å². The van der Waals surface area contributed by atoms with Crippen molar-refractivity contribution in [3.63, 3.8) is 0 Å². The molecule has 5 nitrogen and oxygen atoms in total. The topological polar surface area (TPSA) is 61.4 Å². The zero-order valence-corrected chi connectivity index (χ0v) is 18.8. The quantitative estimate of drug-likeness (QED) is 0.536. The average molecular weight is 442 g/mol. The highest BCUT2D eigenvalue weighted by Gasteiger charge is 2.24. The van der Waals surface area contributed by atoms with Crippen LogP contribution in [0.25, 0.3) is 0 Å². The molecule has 1 aliphatic heterocycles. The van der Waals surface area contributed by atoms with Gasteiger partial charge in [-0.05, 0) is 55.1 Å². The van der Waals surface area contributed by atoms with Crippen molar-refractivity contribution in [1.82, 2.24) is 10.2 Å². The summed E-state index contributed by atoms with van der Waals surface area (Å²) in [7, 11) is 0. The second kappa shape index (κ2) is 11.4. The molecular weight excluding hydrogens is 410 g/mol. The minimum atomic E-state index is -0.151. The Hall–Kier alpha value is -3.44. The fourth-order valence-electron chi connectivity index (χ4n) is 4.41. The Labute approximate surface area is 195 Å². The van der Waals surface area contributed by atoms with E-state index >= 15 is 0 Å². The molecule has 1 heterocycles. The van der Waals surface area contributed by atoms with Gasteiger partial charge in [-0.1, -0.05) is 78.9 Å². The van der Waals surface area contributed by atoms with Crippen molar-refractivity contribution in [2.75, 3.05) is 25.0 Å². The SMILES string of the molecule is O=C(CN1CCC(CC(=O)NC(c2ccccc2)c2ccccc2)CC1)Nc1ccccc1. The van der Waals surface area contributed by atoms with E-state index in [0.29, 0.717) is 18.9 Å². The summed E-state index contributed by atoms with van der Waals surface area (Å²) < 4.78 is 0. The van der Waals surface area contributed by atoms with Gasteiger partial charge in [-0.15, -0.1) is 0 Å². The summed E-state index contributed by atoms with van der Waals surface area (Å²) in [6.07, 6.45) is 2.36. The fraction of sp³-hybridized carbons (Fsp3) is 0.286. The number of para-hydroxylation sites is 1. The lowest BCUT2D eigenvalue weighted by molar-refractivity contribution is -0.123. The lowest BCUT2D eigenvalue weighted by Crippen LogP contribution is -2.40. The molecule has 4 rings (SSSR count). The third kappa shape index (κ3) is 6.77. The molecule has 5 heteroatoms. The molecule has 3 aromatic carbocycles. The highest BCUT2D eigenvalue weighted by molar-refractivity contribution is 5.92. The number of hydrogen-bond acceptors (Lipinski definition) is 3. The molecule has 0 aliphatic carbocycles. The third-order valence-electron chi connectivity index (χ3n) is 6.18. The Morgan fingerprint density at radius 3 is 1.82 bits per heavy atom. The first-order valence-corrected chi connectivity index (χ1v) is 11.6. The van der Waals surface area contributed by atoms with Crippen LogP contribution in [0.3, 0.4) is 0 Å². The van der Waals surface area contributed by atoms with Crippen molar-refractivity contribution in [3.8, 4) is 0 Å². The Bertz CT molecular complexity index is 977. The minimum absolute atomic E-state index is 0.00552. The van der Waals surface area contributed by atoms with E-state index in [1.807, 2.05) is 66.7 Å². The van der Waals surface area contributed by atoms with Gasteiger partial charge in [0, 0.05) is 12.1 Å². The number of nitrogens with one attached hydrogen (secondary N) is 2. The molecule has 0 unspecified atom stereocenters. The molecule has 0 spiro atoms. The molecule has 33 heavy (non-hydrogen) atoms. The van der Waals surface area contributed by atoms with E-state index in [9.17, 15) is 9.59 Å². The Balaban J connectivity index is 1.26. The molecule has 1 aliphatic rings. The van der Waals surface area contributed by atoms with Crippen molar-refractivity contribution in [2.24, 2.45) is 5.92 Å². The Kier molecular flexibility index (Phi) is 7.88. The molecule has 1 saturated heterocycles. The molecular formula is C28H31N3O2. The first kappa shape index (κ1) is 22.7. The molecule has 2 N–H and O–H groups in total. The summed E-state index contributed by atoms with van der Waals surface area (Å²) in [6.45, 7) is 2.06. The summed E-state index contributed by atoms with van der Waals surface area (Å²) in [4.78, 5) is 27.4. The van der Waals surface area contributed by atoms with Gasteiger partial charge >= 0.3 is 0 Å². The van der Waals surface area contributed by atoms with Crippen molar-refractivity contribution >= 4 is 17.5 Å². The number of hydrogen-bond donors (Lipinski definition) is 2. The first-order chi connectivity index (χ1) is 16.2. The molecule has 1 fully saturated rings. The van der Waals surface area contributed by atoms with Gasteiger partial charge in [0.05, 0.1) is 12.6 Å². The first-order valence-electron chi connectivity index (χ1n) is 11.6. The maximum Gasteiger partial charge on any atom is 0.238 e. The number of benzene rings is 3. The van der Waals surface area contributed by atoms with Crippen LogP contribution in [-0.4, -0.2) is 36.3 Å². The zero-order valence-electron chi connectivity index (χ0n) is 18.8. The Morgan fingerprint density at radius 2 is 1.27 bits per heavy atom. The van der Waals surface area contributed by atoms with Gasteiger partial charge in [0.25, 0.3) is 0 Å². The second-order valence-electron chi connectivity index (χ2n) is 8.66. The van der Waals surface area contributed by atoms with Gasteiger partial charge in [-0.2, -0.15) is 0 Å². The average Bonchev–Trinajstić information content (AvgIpc) is 2.85. The van der Waals surface area contributed by atoms with Crippen LogP contribution in [0.5, 0.6) is 0 Å². The molecule has 2 amide bonds. The summed E-state index contributed by atoms with van der Waals surface area (Å²) in [5.74, 6) is 0.421. The number of piperidine rings is 1. The normalized spacial score (nSPS) is 14.7. The van der Waals surface area contributed by atoms with E-state index < -0.39 is 0 Å². The molecule has 0 radical (unpaired) electrons. The number of nitrogens with zero attached hydrogens (tertiary/aromatic N) is 1. The number of carbonyl (C=O) groups is 2. The standard InChI is InChI=1S/C28H31N3O2/c32-26(30-28(23-10-4-1-5-11-23)24-12-6-2-7-13-24)20-22-16-18-31(19-17-22)21-27(33)29-25-14-8-3-9-15-25/h1-15,22,28H,16-21H2,(H,29,33)(H,30,32). The van der Waals surface area contributed by atoms with E-state index in [0.717, 1.165) is 42.7 Å². The summed E-state index contributed by atoms with van der Waals surface area (Å²) >= 11 is 0. The highest BCUT2D eigenvalue weighted by atomic mass is 16.2. The van der Waals surface area contributed by atoms with Gasteiger partial charge in [0.15, 0.2) is 0 Å². The van der Waals surface area contributed by atoms with Gasteiger partial charge in [-0.25, -0.2) is 0 Å². The van der Waals surface area contributed by atoms with Crippen LogP contribution in [0, 0.1) is 5.92 Å². The van der Waals surface area contributed by atoms with Crippen LogP contribution in [0.1, 0.15) is 36.4 Å². The monoisotopic (exact) mass is 441 g/mol. The smallest absolute Gasteiger partial charge is 0.238 e. The van der Waals surface area contributed by atoms with Crippen molar-refractivity contribution in [1.29, 1.82) is 0 Å². The molecule has 0 bridgehead atoms. The van der Waals surface area contributed by atoms with Crippen molar-refractivity contribution in [3.05, 3.63) is 102 Å². The second-order valence-corrected chi connectivity index (χ2v) is 8.66. The molecule has 0 atom stereocenters. The van der Waals surface area contributed by atoms with E-state index in [2.05, 4.69) is 39.8 Å². The number of anilines is 1. The van der Waals surface area contributed by atoms with E-state index in [4.69, 9.17) is 0 Å². The van der Waals surface area contributed by atoms with Crippen molar-refractivity contribution < 1.29 is 9.59 Å².